The van der Waals surface area contributed by atoms with E-state index in [4.69, 9.17) is 0 Å². The molecule has 82 valence electrons. The van der Waals surface area contributed by atoms with E-state index in [2.05, 4.69) is 31.7 Å². The molecule has 0 rings (SSSR count). The highest BCUT2D eigenvalue weighted by molar-refractivity contribution is 4.84. The van der Waals surface area contributed by atoms with Crippen molar-refractivity contribution in [3.05, 3.63) is 17.9 Å². The average Bonchev–Trinajstić information content (AvgIpc) is 2.21. The minimum absolute atomic E-state index is 1.17. The molecule has 0 atom stereocenters. The Balaban J connectivity index is 3.08. The van der Waals surface area contributed by atoms with Crippen LogP contribution in [0.3, 0.4) is 0 Å². The molecule has 0 heteroatoms. The Morgan fingerprint density at radius 1 is 0.714 bits per heavy atom. The van der Waals surface area contributed by atoms with E-state index >= 15 is 0 Å². The first-order valence-corrected chi connectivity index (χ1v) is 6.31. The Hall–Kier alpha value is -0.480. The van der Waals surface area contributed by atoms with Crippen LogP contribution in [0.25, 0.3) is 0 Å². The molecule has 0 fully saturated rings. The summed E-state index contributed by atoms with van der Waals surface area (Å²) >= 11 is 0. The third-order valence-electron chi connectivity index (χ3n) is 2.37. The highest BCUT2D eigenvalue weighted by Crippen LogP contribution is 2.06. The lowest BCUT2D eigenvalue weighted by Gasteiger charge is -1.96. The van der Waals surface area contributed by atoms with Gasteiger partial charge >= 0.3 is 0 Å². The first kappa shape index (κ1) is 13.5. The maximum Gasteiger partial charge on any atom is -0.0274 e. The zero-order valence-electron chi connectivity index (χ0n) is 10.0. The van der Waals surface area contributed by atoms with Gasteiger partial charge in [0.1, 0.15) is 0 Å². The Kier molecular flexibility index (Phi) is 12.1. The first-order chi connectivity index (χ1) is 6.91. The smallest absolute Gasteiger partial charge is 0.0274 e. The quantitative estimate of drug-likeness (QED) is 0.347. The molecular weight excluding hydrogens is 168 g/mol. The molecule has 0 amide bonds. The van der Waals surface area contributed by atoms with Gasteiger partial charge in [0.2, 0.25) is 0 Å². The van der Waals surface area contributed by atoms with Crippen molar-refractivity contribution in [2.75, 3.05) is 0 Å². The zero-order chi connectivity index (χ0) is 10.5. The van der Waals surface area contributed by atoms with Crippen LogP contribution in [-0.2, 0) is 0 Å². The summed E-state index contributed by atoms with van der Waals surface area (Å²) in [5.74, 6) is 0. The van der Waals surface area contributed by atoms with Crippen molar-refractivity contribution in [3.8, 4) is 0 Å². The molecule has 0 saturated heterocycles. The topological polar surface area (TPSA) is 0 Å². The number of rotatable bonds is 9. The molecule has 0 aliphatic heterocycles. The van der Waals surface area contributed by atoms with Gasteiger partial charge < -0.3 is 0 Å². The summed E-state index contributed by atoms with van der Waals surface area (Å²) < 4.78 is 0. The Bertz CT molecular complexity index is 149. The van der Waals surface area contributed by atoms with Gasteiger partial charge in [0.05, 0.1) is 0 Å². The summed E-state index contributed by atoms with van der Waals surface area (Å²) in [6.45, 7) is 4.47. The Labute approximate surface area is 90.1 Å². The summed E-state index contributed by atoms with van der Waals surface area (Å²) in [5.41, 5.74) is 3.24. The second kappa shape index (κ2) is 12.5. The van der Waals surface area contributed by atoms with Crippen molar-refractivity contribution in [2.24, 2.45) is 0 Å². The fourth-order valence-electron chi connectivity index (χ4n) is 1.42. The molecule has 0 aliphatic carbocycles. The minimum atomic E-state index is 1.17. The predicted octanol–water partition coefficient (Wildman–Crippen LogP) is 5.25. The zero-order valence-corrected chi connectivity index (χ0v) is 10.0. The van der Waals surface area contributed by atoms with Gasteiger partial charge in [-0.2, -0.15) is 0 Å². The van der Waals surface area contributed by atoms with Crippen LogP contribution in [-0.4, -0.2) is 0 Å². The van der Waals surface area contributed by atoms with Crippen molar-refractivity contribution in [1.29, 1.82) is 0 Å². The number of hydrogen-bond donors (Lipinski definition) is 0. The number of allylic oxidation sites excluding steroid dienone is 1. The van der Waals surface area contributed by atoms with E-state index in [0.29, 0.717) is 0 Å². The molecule has 14 heavy (non-hydrogen) atoms. The van der Waals surface area contributed by atoms with Gasteiger partial charge in [-0.25, -0.2) is 0 Å². The Morgan fingerprint density at radius 3 is 2.07 bits per heavy atom. The number of unbranched alkanes of at least 4 members (excludes halogenated alkanes) is 7. The fraction of sp³-hybridized carbons (Fsp3) is 0.786. The molecule has 0 heterocycles. The monoisotopic (exact) mass is 194 g/mol. The minimum Gasteiger partial charge on any atom is -0.130 e. The highest BCUT2D eigenvalue weighted by atomic mass is 13.9. The van der Waals surface area contributed by atoms with E-state index in [0.717, 1.165) is 0 Å². The lowest BCUT2D eigenvalue weighted by atomic mass is 10.1. The summed E-state index contributed by atoms with van der Waals surface area (Å²) in [7, 11) is 0. The van der Waals surface area contributed by atoms with E-state index < -0.39 is 0 Å². The molecule has 0 aromatic carbocycles. The fourth-order valence-corrected chi connectivity index (χ4v) is 1.42. The van der Waals surface area contributed by atoms with Gasteiger partial charge in [0, 0.05) is 0 Å². The second-order valence-electron chi connectivity index (χ2n) is 3.92. The predicted molar refractivity (Wildman–Crippen MR) is 65.6 cm³/mol. The van der Waals surface area contributed by atoms with Crippen molar-refractivity contribution in [3.63, 3.8) is 0 Å². The third-order valence-corrected chi connectivity index (χ3v) is 2.37. The van der Waals surface area contributed by atoms with Gasteiger partial charge in [0.25, 0.3) is 0 Å². The highest BCUT2D eigenvalue weighted by Gasteiger charge is 1.87. The van der Waals surface area contributed by atoms with Crippen molar-refractivity contribution < 1.29 is 0 Å². The molecule has 0 aliphatic rings. The molecular formula is C14H26. The largest absolute Gasteiger partial charge is 0.130 e. The molecule has 0 aromatic rings. The van der Waals surface area contributed by atoms with Crippen LogP contribution in [0.15, 0.2) is 17.9 Å². The van der Waals surface area contributed by atoms with Crippen LogP contribution in [0.2, 0.25) is 0 Å². The van der Waals surface area contributed by atoms with Gasteiger partial charge in [-0.15, -0.1) is 5.73 Å². The van der Waals surface area contributed by atoms with Crippen LogP contribution >= 0.6 is 0 Å². The molecule has 0 saturated carbocycles. The van der Waals surface area contributed by atoms with Crippen LogP contribution in [0.5, 0.6) is 0 Å². The lowest BCUT2D eigenvalue weighted by molar-refractivity contribution is 0.611. The summed E-state index contributed by atoms with van der Waals surface area (Å²) in [6.07, 6.45) is 16.3. The van der Waals surface area contributed by atoms with E-state index in [1.54, 1.807) is 0 Å². The molecule has 0 radical (unpaired) electrons. The van der Waals surface area contributed by atoms with Crippen molar-refractivity contribution in [1.82, 2.24) is 0 Å². The average molecular weight is 194 g/mol. The van der Waals surface area contributed by atoms with E-state index in [1.165, 1.54) is 57.8 Å². The molecule has 0 bridgehead atoms. The maximum atomic E-state index is 3.24. The normalized spacial score (nSPS) is 9.57. The molecule has 0 spiro atoms. The van der Waals surface area contributed by atoms with Gasteiger partial charge in [-0.3, -0.25) is 0 Å². The molecule has 0 nitrogen and oxygen atoms in total. The second-order valence-corrected chi connectivity index (χ2v) is 3.92. The van der Waals surface area contributed by atoms with E-state index in [1.807, 2.05) is 0 Å². The van der Waals surface area contributed by atoms with Gasteiger partial charge in [-0.05, 0) is 31.4 Å². The lowest BCUT2D eigenvalue weighted by Crippen LogP contribution is -1.77. The SMILES string of the molecule is CCCC=C=CCCCCCCCC. The van der Waals surface area contributed by atoms with Gasteiger partial charge in [-0.1, -0.05) is 52.4 Å². The number of hydrogen-bond acceptors (Lipinski definition) is 0. The molecule has 0 aromatic heterocycles. The van der Waals surface area contributed by atoms with Crippen molar-refractivity contribution >= 4 is 0 Å². The van der Waals surface area contributed by atoms with Crippen molar-refractivity contribution in [2.45, 2.75) is 71.6 Å². The van der Waals surface area contributed by atoms with Crippen LogP contribution in [0, 0.1) is 0 Å². The molecule has 0 N–H and O–H groups in total. The maximum absolute atomic E-state index is 3.24. The molecule has 0 unspecified atom stereocenters. The van der Waals surface area contributed by atoms with E-state index in [-0.39, 0.29) is 0 Å². The van der Waals surface area contributed by atoms with Gasteiger partial charge in [0.15, 0.2) is 0 Å². The Morgan fingerprint density at radius 2 is 1.36 bits per heavy atom. The summed E-state index contributed by atoms with van der Waals surface area (Å²) in [6, 6.07) is 0. The summed E-state index contributed by atoms with van der Waals surface area (Å²) in [5, 5.41) is 0. The van der Waals surface area contributed by atoms with Crippen LogP contribution in [0.4, 0.5) is 0 Å². The summed E-state index contributed by atoms with van der Waals surface area (Å²) in [4.78, 5) is 0. The first-order valence-electron chi connectivity index (χ1n) is 6.31. The van der Waals surface area contributed by atoms with E-state index in [9.17, 15) is 0 Å². The standard InChI is InChI=1S/C14H26/c1-3-5-7-9-11-13-14-12-10-8-6-4-2/h7,11H,3-6,8,10,12-14H2,1-2H3. The van der Waals surface area contributed by atoms with Crippen LogP contribution in [0.1, 0.15) is 71.6 Å². The van der Waals surface area contributed by atoms with Crippen LogP contribution < -0.4 is 0 Å². The third kappa shape index (κ3) is 11.5.